The molecule has 0 aliphatic heterocycles. The number of rotatable bonds is 5. The third-order valence-corrected chi connectivity index (χ3v) is 2.94. The van der Waals surface area contributed by atoms with Crippen LogP contribution in [0, 0.1) is 0 Å². The van der Waals surface area contributed by atoms with Crippen molar-refractivity contribution >= 4 is 17.5 Å². The van der Waals surface area contributed by atoms with Crippen LogP contribution in [-0.4, -0.2) is 22.8 Å². The molecule has 5 nitrogen and oxygen atoms in total. The molecular weight excluding hydrogens is 278 g/mol. The molecule has 2 rings (SSSR count). The molecule has 0 spiro atoms. The first-order valence-electron chi connectivity index (χ1n) is 7.14. The van der Waals surface area contributed by atoms with Gasteiger partial charge in [-0.2, -0.15) is 0 Å². The van der Waals surface area contributed by atoms with E-state index in [0.717, 1.165) is 5.56 Å². The van der Waals surface area contributed by atoms with Gasteiger partial charge in [0.15, 0.2) is 0 Å². The lowest BCUT2D eigenvalue weighted by Crippen LogP contribution is -2.30. The van der Waals surface area contributed by atoms with Crippen LogP contribution in [0.4, 0.5) is 5.69 Å². The van der Waals surface area contributed by atoms with Crippen LogP contribution in [0.15, 0.2) is 48.8 Å². The summed E-state index contributed by atoms with van der Waals surface area (Å²) in [6.07, 6.45) is 3.60. The second-order valence-electron chi connectivity index (χ2n) is 5.29. The lowest BCUT2D eigenvalue weighted by molar-refractivity contribution is -0.115. The molecule has 2 aromatic rings. The Balaban J connectivity index is 1.93. The average Bonchev–Trinajstić information content (AvgIpc) is 2.48. The second-order valence-corrected chi connectivity index (χ2v) is 5.29. The lowest BCUT2D eigenvalue weighted by atomic mass is 10.1. The van der Waals surface area contributed by atoms with Gasteiger partial charge in [-0.15, -0.1) is 0 Å². The van der Waals surface area contributed by atoms with E-state index < -0.39 is 0 Å². The zero-order chi connectivity index (χ0) is 15.9. The van der Waals surface area contributed by atoms with Gasteiger partial charge in [-0.1, -0.05) is 6.07 Å². The Hall–Kier alpha value is -2.69. The van der Waals surface area contributed by atoms with E-state index in [4.69, 9.17) is 0 Å². The van der Waals surface area contributed by atoms with Gasteiger partial charge in [0.2, 0.25) is 5.91 Å². The standard InChI is InChI=1S/C17H19N3O2/c1-12(2)19-17(22)14-5-7-15(8-6-14)20-16(21)10-13-4-3-9-18-11-13/h3-9,11-12H,10H2,1-2H3,(H,19,22)(H,20,21). The minimum absolute atomic E-state index is 0.0892. The highest BCUT2D eigenvalue weighted by atomic mass is 16.2. The maximum Gasteiger partial charge on any atom is 0.251 e. The van der Waals surface area contributed by atoms with Crippen molar-refractivity contribution in [2.75, 3.05) is 5.32 Å². The first-order valence-corrected chi connectivity index (χ1v) is 7.14. The number of anilines is 1. The fourth-order valence-electron chi connectivity index (χ4n) is 1.94. The van der Waals surface area contributed by atoms with Gasteiger partial charge in [-0.05, 0) is 49.7 Å². The molecule has 0 aliphatic carbocycles. The molecule has 114 valence electrons. The van der Waals surface area contributed by atoms with E-state index in [1.54, 1.807) is 42.7 Å². The summed E-state index contributed by atoms with van der Waals surface area (Å²) in [5.74, 6) is -0.240. The molecule has 0 fully saturated rings. The third kappa shape index (κ3) is 4.70. The van der Waals surface area contributed by atoms with Gasteiger partial charge in [-0.3, -0.25) is 14.6 Å². The maximum absolute atomic E-state index is 11.9. The van der Waals surface area contributed by atoms with Crippen LogP contribution in [0.5, 0.6) is 0 Å². The smallest absolute Gasteiger partial charge is 0.251 e. The normalized spacial score (nSPS) is 10.3. The summed E-state index contributed by atoms with van der Waals surface area (Å²) in [4.78, 5) is 27.7. The highest BCUT2D eigenvalue weighted by Crippen LogP contribution is 2.10. The quantitative estimate of drug-likeness (QED) is 0.890. The SMILES string of the molecule is CC(C)NC(=O)c1ccc(NC(=O)Cc2cccnc2)cc1. The van der Waals surface area contributed by atoms with Crippen molar-refractivity contribution in [1.82, 2.24) is 10.3 Å². The highest BCUT2D eigenvalue weighted by molar-refractivity contribution is 5.96. The number of carbonyl (C=O) groups is 2. The molecule has 0 radical (unpaired) electrons. The van der Waals surface area contributed by atoms with E-state index in [2.05, 4.69) is 15.6 Å². The molecule has 0 saturated carbocycles. The number of nitrogens with one attached hydrogen (secondary N) is 2. The van der Waals surface area contributed by atoms with Gasteiger partial charge in [0.1, 0.15) is 0 Å². The monoisotopic (exact) mass is 297 g/mol. The van der Waals surface area contributed by atoms with Crippen molar-refractivity contribution in [2.24, 2.45) is 0 Å². The Kier molecular flexibility index (Phi) is 5.25. The first kappa shape index (κ1) is 15.7. The van der Waals surface area contributed by atoms with Crippen LogP contribution in [0.1, 0.15) is 29.8 Å². The Labute approximate surface area is 129 Å². The maximum atomic E-state index is 11.9. The second kappa shape index (κ2) is 7.36. The van der Waals surface area contributed by atoms with Crippen molar-refractivity contribution < 1.29 is 9.59 Å². The highest BCUT2D eigenvalue weighted by Gasteiger charge is 2.08. The fraction of sp³-hybridized carbons (Fsp3) is 0.235. The van der Waals surface area contributed by atoms with Crippen LogP contribution < -0.4 is 10.6 Å². The predicted octanol–water partition coefficient (Wildman–Crippen LogP) is 2.40. The van der Waals surface area contributed by atoms with Gasteiger partial charge in [0.25, 0.3) is 5.91 Å². The summed E-state index contributed by atoms with van der Waals surface area (Å²) in [5, 5.41) is 5.62. The van der Waals surface area contributed by atoms with Gasteiger partial charge in [0.05, 0.1) is 6.42 Å². The van der Waals surface area contributed by atoms with E-state index in [1.807, 2.05) is 19.9 Å². The number of nitrogens with zero attached hydrogens (tertiary/aromatic N) is 1. The lowest BCUT2D eigenvalue weighted by Gasteiger charge is -2.09. The molecule has 0 atom stereocenters. The Morgan fingerprint density at radius 3 is 2.45 bits per heavy atom. The molecule has 2 amide bonds. The van der Waals surface area contributed by atoms with Gasteiger partial charge < -0.3 is 10.6 Å². The zero-order valence-corrected chi connectivity index (χ0v) is 12.7. The zero-order valence-electron chi connectivity index (χ0n) is 12.7. The number of amides is 2. The molecule has 5 heteroatoms. The van der Waals surface area contributed by atoms with Crippen LogP contribution in [0.25, 0.3) is 0 Å². The van der Waals surface area contributed by atoms with Crippen LogP contribution in [-0.2, 0) is 11.2 Å². The Morgan fingerprint density at radius 1 is 1.14 bits per heavy atom. The van der Waals surface area contributed by atoms with E-state index in [1.165, 1.54) is 0 Å². The molecule has 0 bridgehead atoms. The van der Waals surface area contributed by atoms with Gasteiger partial charge in [-0.25, -0.2) is 0 Å². The number of hydrogen-bond donors (Lipinski definition) is 2. The number of carbonyl (C=O) groups excluding carboxylic acids is 2. The third-order valence-electron chi connectivity index (χ3n) is 2.94. The molecule has 0 aliphatic rings. The molecule has 1 aromatic carbocycles. The molecule has 22 heavy (non-hydrogen) atoms. The number of benzene rings is 1. The minimum Gasteiger partial charge on any atom is -0.350 e. The Morgan fingerprint density at radius 2 is 1.86 bits per heavy atom. The fourth-order valence-corrected chi connectivity index (χ4v) is 1.94. The molecule has 0 unspecified atom stereocenters. The summed E-state index contributed by atoms with van der Waals surface area (Å²) in [6.45, 7) is 3.82. The topological polar surface area (TPSA) is 71.1 Å². The van der Waals surface area contributed by atoms with Crippen molar-refractivity contribution in [1.29, 1.82) is 0 Å². The molecular formula is C17H19N3O2. The predicted molar refractivity (Wildman–Crippen MR) is 85.6 cm³/mol. The summed E-state index contributed by atoms with van der Waals surface area (Å²) in [7, 11) is 0. The number of pyridine rings is 1. The number of aromatic nitrogens is 1. The summed E-state index contributed by atoms with van der Waals surface area (Å²) >= 11 is 0. The molecule has 2 N–H and O–H groups in total. The van der Waals surface area contributed by atoms with Crippen LogP contribution >= 0.6 is 0 Å². The summed E-state index contributed by atoms with van der Waals surface area (Å²) in [5.41, 5.74) is 2.09. The summed E-state index contributed by atoms with van der Waals surface area (Å²) in [6, 6.07) is 10.6. The molecule has 1 aromatic heterocycles. The van der Waals surface area contributed by atoms with Crippen molar-refractivity contribution in [3.63, 3.8) is 0 Å². The van der Waals surface area contributed by atoms with Crippen LogP contribution in [0.2, 0.25) is 0 Å². The molecule has 1 heterocycles. The Bertz CT molecular complexity index is 637. The van der Waals surface area contributed by atoms with Gasteiger partial charge in [0, 0.05) is 29.7 Å². The van der Waals surface area contributed by atoms with Crippen molar-refractivity contribution in [3.05, 3.63) is 59.9 Å². The van der Waals surface area contributed by atoms with E-state index in [9.17, 15) is 9.59 Å². The average molecular weight is 297 g/mol. The van der Waals surface area contributed by atoms with Crippen LogP contribution in [0.3, 0.4) is 0 Å². The first-order chi connectivity index (χ1) is 10.5. The van der Waals surface area contributed by atoms with E-state index >= 15 is 0 Å². The minimum atomic E-state index is -0.122. The van der Waals surface area contributed by atoms with Crippen molar-refractivity contribution in [2.45, 2.75) is 26.3 Å². The van der Waals surface area contributed by atoms with Crippen molar-refractivity contribution in [3.8, 4) is 0 Å². The largest absolute Gasteiger partial charge is 0.350 e. The summed E-state index contributed by atoms with van der Waals surface area (Å²) < 4.78 is 0. The van der Waals surface area contributed by atoms with Gasteiger partial charge >= 0.3 is 0 Å². The molecule has 0 saturated heterocycles. The number of hydrogen-bond acceptors (Lipinski definition) is 3. The van der Waals surface area contributed by atoms with E-state index in [0.29, 0.717) is 11.3 Å². The van der Waals surface area contributed by atoms with E-state index in [-0.39, 0.29) is 24.3 Å².